The molecule has 1 N–H and O–H groups in total. The summed E-state index contributed by atoms with van der Waals surface area (Å²) in [5.74, 6) is -0.0260. The van der Waals surface area contributed by atoms with E-state index in [0.717, 1.165) is 35.9 Å². The van der Waals surface area contributed by atoms with E-state index in [1.807, 2.05) is 61.0 Å². The Morgan fingerprint density at radius 2 is 1.60 bits per heavy atom. The molecule has 0 radical (unpaired) electrons. The first-order valence-electron chi connectivity index (χ1n) is 9.79. The lowest BCUT2D eigenvalue weighted by Gasteiger charge is -2.20. The molecule has 7 heteroatoms. The van der Waals surface area contributed by atoms with Crippen LogP contribution in [0, 0.1) is 13.8 Å². The van der Waals surface area contributed by atoms with Gasteiger partial charge in [-0.1, -0.05) is 30.3 Å². The number of nitrogens with zero attached hydrogens (tertiary/aromatic N) is 3. The summed E-state index contributed by atoms with van der Waals surface area (Å²) in [6.07, 6.45) is 0. The predicted octanol–water partition coefficient (Wildman–Crippen LogP) is 5.25. The van der Waals surface area contributed by atoms with Crippen molar-refractivity contribution in [2.24, 2.45) is 0 Å². The van der Waals surface area contributed by atoms with E-state index in [9.17, 15) is 4.79 Å². The van der Waals surface area contributed by atoms with E-state index in [0.29, 0.717) is 6.54 Å². The number of carbonyl (C=O) groups excluding carboxylic acids is 1. The molecule has 4 aromatic rings. The fourth-order valence-corrected chi connectivity index (χ4v) is 4.93. The molecule has 0 saturated heterocycles. The number of thiophene rings is 2. The largest absolute Gasteiger partial charge is 0.322 e. The van der Waals surface area contributed by atoms with Crippen molar-refractivity contribution in [3.8, 4) is 5.69 Å². The lowest BCUT2D eigenvalue weighted by molar-refractivity contribution is -0.117. The molecule has 3 aromatic heterocycles. The molecule has 0 spiro atoms. The van der Waals surface area contributed by atoms with E-state index < -0.39 is 0 Å². The van der Waals surface area contributed by atoms with Crippen molar-refractivity contribution in [1.82, 2.24) is 14.7 Å². The zero-order valence-corrected chi connectivity index (χ0v) is 18.7. The summed E-state index contributed by atoms with van der Waals surface area (Å²) >= 11 is 3.43. The molecule has 3 heterocycles. The van der Waals surface area contributed by atoms with E-state index >= 15 is 0 Å². The molecule has 30 heavy (non-hydrogen) atoms. The molecule has 0 fully saturated rings. The second-order valence-electron chi connectivity index (χ2n) is 7.15. The number of amides is 1. The number of rotatable bonds is 8. The van der Waals surface area contributed by atoms with E-state index in [2.05, 4.69) is 38.2 Å². The normalized spacial score (nSPS) is 11.2. The standard InChI is InChI=1S/C23H24N4OS2/c1-17-23(18(2)27(25-17)19-8-4-3-5-9-19)24-22(28)16-26(14-20-10-6-12-29-20)15-21-11-7-13-30-21/h3-13H,14-16H2,1-2H3,(H,24,28). The zero-order valence-electron chi connectivity index (χ0n) is 17.0. The second-order valence-corrected chi connectivity index (χ2v) is 9.21. The Hall–Kier alpha value is -2.74. The molecule has 0 saturated carbocycles. The quantitative estimate of drug-likeness (QED) is 0.410. The summed E-state index contributed by atoms with van der Waals surface area (Å²) < 4.78 is 1.88. The number of para-hydroxylation sites is 1. The van der Waals surface area contributed by atoms with E-state index in [1.165, 1.54) is 9.75 Å². The van der Waals surface area contributed by atoms with Crippen LogP contribution in [0.15, 0.2) is 65.4 Å². The topological polar surface area (TPSA) is 50.2 Å². The van der Waals surface area contributed by atoms with Crippen molar-refractivity contribution in [1.29, 1.82) is 0 Å². The highest BCUT2D eigenvalue weighted by atomic mass is 32.1. The SMILES string of the molecule is Cc1nn(-c2ccccc2)c(C)c1NC(=O)CN(Cc1cccs1)Cc1cccs1. The van der Waals surface area contributed by atoms with Gasteiger partial charge in [-0.2, -0.15) is 5.10 Å². The summed E-state index contributed by atoms with van der Waals surface area (Å²) in [6, 6.07) is 18.3. The molecule has 0 aliphatic rings. The van der Waals surface area contributed by atoms with Crippen LogP contribution in [0.3, 0.4) is 0 Å². The molecule has 0 aliphatic carbocycles. The highest BCUT2D eigenvalue weighted by Crippen LogP contribution is 2.23. The maximum atomic E-state index is 12.9. The van der Waals surface area contributed by atoms with Crippen LogP contribution in [0.25, 0.3) is 5.69 Å². The molecule has 0 bridgehead atoms. The lowest BCUT2D eigenvalue weighted by Crippen LogP contribution is -2.32. The van der Waals surface area contributed by atoms with E-state index in [1.54, 1.807) is 22.7 Å². The zero-order chi connectivity index (χ0) is 20.9. The minimum absolute atomic E-state index is 0.0260. The first-order chi connectivity index (χ1) is 14.6. The van der Waals surface area contributed by atoms with E-state index in [-0.39, 0.29) is 5.91 Å². The van der Waals surface area contributed by atoms with Crippen LogP contribution < -0.4 is 5.32 Å². The van der Waals surface area contributed by atoms with Crippen LogP contribution in [-0.4, -0.2) is 27.1 Å². The van der Waals surface area contributed by atoms with Crippen LogP contribution in [0.2, 0.25) is 0 Å². The van der Waals surface area contributed by atoms with Crippen molar-refractivity contribution in [2.45, 2.75) is 26.9 Å². The van der Waals surface area contributed by atoms with Gasteiger partial charge in [0.2, 0.25) is 5.91 Å². The molecule has 4 rings (SSSR count). The van der Waals surface area contributed by atoms with Gasteiger partial charge in [0.25, 0.3) is 0 Å². The van der Waals surface area contributed by atoms with Crippen LogP contribution >= 0.6 is 22.7 Å². The van der Waals surface area contributed by atoms with Gasteiger partial charge in [0.05, 0.1) is 29.3 Å². The third-order valence-electron chi connectivity index (χ3n) is 4.84. The molecule has 0 aliphatic heterocycles. The summed E-state index contributed by atoms with van der Waals surface area (Å²) in [5.41, 5.74) is 3.51. The van der Waals surface area contributed by atoms with Gasteiger partial charge in [-0.15, -0.1) is 22.7 Å². The predicted molar refractivity (Wildman–Crippen MR) is 124 cm³/mol. The summed E-state index contributed by atoms with van der Waals surface area (Å²) in [6.45, 7) is 5.74. The highest BCUT2D eigenvalue weighted by molar-refractivity contribution is 7.10. The molecule has 1 amide bonds. The monoisotopic (exact) mass is 436 g/mol. The van der Waals surface area contributed by atoms with Crippen molar-refractivity contribution >= 4 is 34.3 Å². The number of nitrogens with one attached hydrogen (secondary N) is 1. The van der Waals surface area contributed by atoms with Crippen molar-refractivity contribution in [2.75, 3.05) is 11.9 Å². The minimum atomic E-state index is -0.0260. The number of hydrogen-bond donors (Lipinski definition) is 1. The average Bonchev–Trinajstić information content (AvgIpc) is 3.49. The van der Waals surface area contributed by atoms with Crippen molar-refractivity contribution in [3.63, 3.8) is 0 Å². The number of carbonyl (C=O) groups is 1. The average molecular weight is 437 g/mol. The second kappa shape index (κ2) is 9.38. The van der Waals surface area contributed by atoms with Crippen LogP contribution in [-0.2, 0) is 17.9 Å². The third-order valence-corrected chi connectivity index (χ3v) is 6.57. The molecular weight excluding hydrogens is 412 g/mol. The molecule has 5 nitrogen and oxygen atoms in total. The van der Waals surface area contributed by atoms with Crippen LogP contribution in [0.5, 0.6) is 0 Å². The lowest BCUT2D eigenvalue weighted by atomic mass is 10.3. The maximum absolute atomic E-state index is 12.9. The van der Waals surface area contributed by atoms with E-state index in [4.69, 9.17) is 0 Å². The Kier molecular flexibility index (Phi) is 6.42. The fraction of sp³-hybridized carbons (Fsp3) is 0.217. The van der Waals surface area contributed by atoms with Crippen molar-refractivity contribution in [3.05, 3.63) is 86.5 Å². The van der Waals surface area contributed by atoms with Gasteiger partial charge in [-0.25, -0.2) is 4.68 Å². The number of aromatic nitrogens is 2. The Balaban J connectivity index is 1.48. The minimum Gasteiger partial charge on any atom is -0.322 e. The van der Waals surface area contributed by atoms with Gasteiger partial charge in [0.1, 0.15) is 0 Å². The smallest absolute Gasteiger partial charge is 0.238 e. The molecule has 154 valence electrons. The van der Waals surface area contributed by atoms with Gasteiger partial charge in [-0.05, 0) is 48.9 Å². The molecular formula is C23H24N4OS2. The molecule has 0 unspecified atom stereocenters. The summed E-state index contributed by atoms with van der Waals surface area (Å²) in [7, 11) is 0. The van der Waals surface area contributed by atoms with Gasteiger partial charge in [0.15, 0.2) is 0 Å². The number of hydrogen-bond acceptors (Lipinski definition) is 5. The molecule has 0 atom stereocenters. The highest BCUT2D eigenvalue weighted by Gasteiger charge is 2.18. The summed E-state index contributed by atoms with van der Waals surface area (Å²) in [5, 5.41) is 11.9. The van der Waals surface area contributed by atoms with Gasteiger partial charge >= 0.3 is 0 Å². The number of benzene rings is 1. The van der Waals surface area contributed by atoms with Gasteiger partial charge in [0, 0.05) is 22.8 Å². The maximum Gasteiger partial charge on any atom is 0.238 e. The Morgan fingerprint density at radius 1 is 0.967 bits per heavy atom. The Morgan fingerprint density at radius 3 is 2.17 bits per heavy atom. The molecule has 1 aromatic carbocycles. The summed E-state index contributed by atoms with van der Waals surface area (Å²) in [4.78, 5) is 17.6. The number of anilines is 1. The Bertz CT molecular complexity index is 1050. The van der Waals surface area contributed by atoms with Gasteiger partial charge in [-0.3, -0.25) is 9.69 Å². The van der Waals surface area contributed by atoms with Crippen LogP contribution in [0.1, 0.15) is 21.1 Å². The fourth-order valence-electron chi connectivity index (χ4n) is 3.44. The van der Waals surface area contributed by atoms with Gasteiger partial charge < -0.3 is 5.32 Å². The Labute approximate surface area is 184 Å². The number of aryl methyl sites for hydroxylation is 1. The first kappa shape index (κ1) is 20.5. The third kappa shape index (κ3) is 4.87. The van der Waals surface area contributed by atoms with Crippen LogP contribution in [0.4, 0.5) is 5.69 Å². The first-order valence-corrected chi connectivity index (χ1v) is 11.5. The van der Waals surface area contributed by atoms with Crippen molar-refractivity contribution < 1.29 is 4.79 Å².